The molecule has 3 unspecified atom stereocenters. The summed E-state index contributed by atoms with van der Waals surface area (Å²) in [5.74, 6) is 5.33. The van der Waals surface area contributed by atoms with Crippen LogP contribution in [-0.4, -0.2) is 94.6 Å². The number of likely N-dealkylation sites (N-methyl/N-ethyl adjacent to an activating group) is 2. The van der Waals surface area contributed by atoms with Crippen LogP contribution in [0.15, 0.2) is 54.6 Å². The highest BCUT2D eigenvalue weighted by Crippen LogP contribution is 2.54. The minimum atomic E-state index is -0.340. The summed E-state index contributed by atoms with van der Waals surface area (Å²) in [5.41, 5.74) is 8.20. The lowest BCUT2D eigenvalue weighted by atomic mass is 9.84. The number of piperidine rings is 1. The normalized spacial score (nSPS) is 21.6. The second-order valence-electron chi connectivity index (χ2n) is 15.2. The van der Waals surface area contributed by atoms with Crippen molar-refractivity contribution < 1.29 is 33.5 Å². The van der Waals surface area contributed by atoms with Crippen LogP contribution >= 0.6 is 0 Å². The summed E-state index contributed by atoms with van der Waals surface area (Å²) in [6.45, 7) is 3.98. The number of fused-ring (bicyclic) bond motifs is 2. The number of benzene rings is 4. The Balaban J connectivity index is 1.37. The van der Waals surface area contributed by atoms with E-state index in [-0.39, 0.29) is 18.2 Å². The van der Waals surface area contributed by atoms with Gasteiger partial charge in [0.25, 0.3) is 0 Å². The fourth-order valence-electron chi connectivity index (χ4n) is 9.07. The Bertz CT molecular complexity index is 2000. The largest absolute Gasteiger partial charge is 0.493 e. The van der Waals surface area contributed by atoms with Gasteiger partial charge in [-0.3, -0.25) is 14.7 Å². The topological polar surface area (TPSA) is 85.3 Å². The lowest BCUT2D eigenvalue weighted by Crippen LogP contribution is -2.39. The highest BCUT2D eigenvalue weighted by Gasteiger charge is 2.38. The summed E-state index contributed by atoms with van der Waals surface area (Å²) in [6, 6.07) is 19.0. The zero-order chi connectivity index (χ0) is 37.5. The van der Waals surface area contributed by atoms with Crippen LogP contribution in [0.5, 0.6) is 46.0 Å². The van der Waals surface area contributed by atoms with E-state index in [0.29, 0.717) is 59.8 Å². The van der Waals surface area contributed by atoms with Crippen LogP contribution in [0.4, 0.5) is 0 Å². The van der Waals surface area contributed by atoms with Gasteiger partial charge < -0.3 is 33.5 Å². The molecule has 4 aromatic carbocycles. The third-order valence-corrected chi connectivity index (χ3v) is 12.0. The standard InChI is InChI=1S/C44H53N3O7/c1-45-18-15-29-23-38(50-4)40-24-33(29)35(45)20-27-9-12-31(13-10-27)53-39-22-28(11-14-37(39)49-3)21-36-41-32(16-19-46(36)2)34(26-47-17-7-8-30(48)25-47)42(51-5)44(52-6)43(41)54-40/h9-14,22-24,30,35-36,48H,7-8,15-21,25-26H2,1-6H3. The van der Waals surface area contributed by atoms with Gasteiger partial charge in [-0.25, -0.2) is 0 Å². The molecular weight excluding hydrogens is 682 g/mol. The number of aliphatic hydroxyl groups is 1. The molecule has 5 aliphatic heterocycles. The Labute approximate surface area is 319 Å². The molecule has 9 rings (SSSR count). The minimum absolute atomic E-state index is 0.0730. The summed E-state index contributed by atoms with van der Waals surface area (Å²) < 4.78 is 38.3. The summed E-state index contributed by atoms with van der Waals surface area (Å²) >= 11 is 0. The molecule has 5 aliphatic rings. The minimum Gasteiger partial charge on any atom is -0.493 e. The van der Waals surface area contributed by atoms with E-state index in [1.807, 2.05) is 6.07 Å². The van der Waals surface area contributed by atoms with Crippen molar-refractivity contribution in [1.82, 2.24) is 14.7 Å². The van der Waals surface area contributed by atoms with Gasteiger partial charge in [0.15, 0.2) is 34.5 Å². The first kappa shape index (κ1) is 36.5. The van der Waals surface area contributed by atoms with Crippen LogP contribution in [0.3, 0.4) is 0 Å². The van der Waals surface area contributed by atoms with Crippen molar-refractivity contribution in [3.8, 4) is 46.0 Å². The van der Waals surface area contributed by atoms with Crippen molar-refractivity contribution in [3.05, 3.63) is 93.5 Å². The van der Waals surface area contributed by atoms with E-state index in [2.05, 4.69) is 77.3 Å². The Morgan fingerprint density at radius 1 is 0.722 bits per heavy atom. The number of ether oxygens (including phenoxy) is 6. The number of hydrogen-bond donors (Lipinski definition) is 1. The smallest absolute Gasteiger partial charge is 0.204 e. The molecule has 286 valence electrons. The predicted octanol–water partition coefficient (Wildman–Crippen LogP) is 7.12. The maximum absolute atomic E-state index is 10.6. The van der Waals surface area contributed by atoms with Gasteiger partial charge in [-0.05, 0) is 123 Å². The van der Waals surface area contributed by atoms with Gasteiger partial charge in [0, 0.05) is 49.4 Å². The molecule has 1 saturated heterocycles. The SMILES string of the molecule is COc1ccc2cc1Oc1ccc(cc1)CC1c3cc(c(OC)cc3CCN1C)Oc1c(OC)c(OC)c(CN3CCCC(O)C3)c3c1C(C2)N(C)CC3. The number of β-amino-alcohol motifs (C(OH)–C–C–N with tert-alkyl or cyclic N) is 1. The molecule has 10 heteroatoms. The van der Waals surface area contributed by atoms with E-state index in [1.165, 1.54) is 22.3 Å². The fraction of sp³-hybridized carbons (Fsp3) is 0.455. The monoisotopic (exact) mass is 735 g/mol. The second kappa shape index (κ2) is 15.3. The number of aliphatic hydroxyl groups excluding tert-OH is 1. The lowest BCUT2D eigenvalue weighted by molar-refractivity contribution is 0.0660. The van der Waals surface area contributed by atoms with Crippen LogP contribution in [0.2, 0.25) is 0 Å². The average Bonchev–Trinajstić information content (AvgIpc) is 3.17. The lowest BCUT2D eigenvalue weighted by Gasteiger charge is -2.39. The van der Waals surface area contributed by atoms with Crippen molar-refractivity contribution in [1.29, 1.82) is 0 Å². The van der Waals surface area contributed by atoms with E-state index in [1.54, 1.807) is 28.4 Å². The molecule has 5 heterocycles. The molecule has 0 aromatic heterocycles. The molecule has 0 aliphatic carbocycles. The molecule has 0 saturated carbocycles. The Morgan fingerprint density at radius 3 is 2.17 bits per heavy atom. The highest BCUT2D eigenvalue weighted by atomic mass is 16.5. The van der Waals surface area contributed by atoms with E-state index in [0.717, 1.165) is 74.2 Å². The first-order valence-electron chi connectivity index (χ1n) is 19.2. The fourth-order valence-corrected chi connectivity index (χ4v) is 9.07. The zero-order valence-electron chi connectivity index (χ0n) is 32.4. The predicted molar refractivity (Wildman–Crippen MR) is 208 cm³/mol. The number of methoxy groups -OCH3 is 4. The van der Waals surface area contributed by atoms with Crippen molar-refractivity contribution in [3.63, 3.8) is 0 Å². The van der Waals surface area contributed by atoms with Crippen LogP contribution < -0.4 is 28.4 Å². The van der Waals surface area contributed by atoms with Crippen LogP contribution in [0.25, 0.3) is 0 Å². The summed E-state index contributed by atoms with van der Waals surface area (Å²) in [4.78, 5) is 7.18. The van der Waals surface area contributed by atoms with E-state index >= 15 is 0 Å². The molecular formula is C44H53N3O7. The molecule has 1 fully saturated rings. The molecule has 1 N–H and O–H groups in total. The van der Waals surface area contributed by atoms with E-state index in [9.17, 15) is 5.11 Å². The Kier molecular flexibility index (Phi) is 10.4. The maximum atomic E-state index is 10.6. The molecule has 6 bridgehead atoms. The van der Waals surface area contributed by atoms with Crippen molar-refractivity contribution >= 4 is 0 Å². The number of nitrogens with zero attached hydrogens (tertiary/aromatic N) is 3. The number of hydrogen-bond acceptors (Lipinski definition) is 10. The molecule has 0 amide bonds. The molecule has 4 aromatic rings. The van der Waals surface area contributed by atoms with Gasteiger partial charge in [-0.1, -0.05) is 18.2 Å². The molecule has 0 spiro atoms. The maximum Gasteiger partial charge on any atom is 0.204 e. The van der Waals surface area contributed by atoms with E-state index < -0.39 is 0 Å². The van der Waals surface area contributed by atoms with Crippen LogP contribution in [0.1, 0.15) is 63.9 Å². The van der Waals surface area contributed by atoms with Gasteiger partial charge in [-0.15, -0.1) is 0 Å². The van der Waals surface area contributed by atoms with Gasteiger partial charge in [0.05, 0.1) is 34.5 Å². The first-order valence-corrected chi connectivity index (χ1v) is 19.2. The van der Waals surface area contributed by atoms with Crippen molar-refractivity contribution in [2.45, 2.75) is 63.3 Å². The van der Waals surface area contributed by atoms with Gasteiger partial charge in [-0.2, -0.15) is 0 Å². The molecule has 3 atom stereocenters. The van der Waals surface area contributed by atoms with Crippen molar-refractivity contribution in [2.24, 2.45) is 0 Å². The second-order valence-corrected chi connectivity index (χ2v) is 15.2. The number of likely N-dealkylation sites (tertiary alicyclic amines) is 1. The zero-order valence-corrected chi connectivity index (χ0v) is 32.4. The van der Waals surface area contributed by atoms with Crippen LogP contribution in [-0.2, 0) is 32.2 Å². The summed E-state index contributed by atoms with van der Waals surface area (Å²) in [5, 5.41) is 10.6. The first-order chi connectivity index (χ1) is 26.3. The Hall–Kier alpha value is -4.48. The average molecular weight is 736 g/mol. The van der Waals surface area contributed by atoms with Gasteiger partial charge in [0.2, 0.25) is 5.75 Å². The van der Waals surface area contributed by atoms with Crippen molar-refractivity contribution in [2.75, 3.05) is 68.7 Å². The number of rotatable bonds is 6. The quantitative estimate of drug-likeness (QED) is 0.221. The molecule has 0 radical (unpaired) electrons. The molecule has 54 heavy (non-hydrogen) atoms. The van der Waals surface area contributed by atoms with E-state index in [4.69, 9.17) is 28.4 Å². The molecule has 10 nitrogen and oxygen atoms in total. The highest BCUT2D eigenvalue weighted by molar-refractivity contribution is 5.67. The van der Waals surface area contributed by atoms with Crippen LogP contribution in [0, 0.1) is 0 Å². The van der Waals surface area contributed by atoms with Gasteiger partial charge >= 0.3 is 0 Å². The summed E-state index contributed by atoms with van der Waals surface area (Å²) in [6.07, 6.45) is 4.68. The summed E-state index contributed by atoms with van der Waals surface area (Å²) in [7, 11) is 11.2. The van der Waals surface area contributed by atoms with Gasteiger partial charge in [0.1, 0.15) is 5.75 Å². The third kappa shape index (κ3) is 6.85. The Morgan fingerprint density at radius 2 is 1.43 bits per heavy atom. The third-order valence-electron chi connectivity index (χ3n) is 12.0.